The number of rotatable bonds is 6. The molecule has 7 nitrogen and oxygen atoms in total. The van der Waals surface area contributed by atoms with Gasteiger partial charge in [-0.1, -0.05) is 18.2 Å². The SMILES string of the molecule is Cc1ccc(F)c(OCC(=O)N(C)CC(C)c2nn[nH]n2)c1. The summed E-state index contributed by atoms with van der Waals surface area (Å²) in [4.78, 5) is 13.5. The van der Waals surface area contributed by atoms with Gasteiger partial charge in [0.15, 0.2) is 24.0 Å². The summed E-state index contributed by atoms with van der Waals surface area (Å²) in [6, 6.07) is 4.52. The van der Waals surface area contributed by atoms with Crippen LogP contribution in [-0.4, -0.2) is 51.6 Å². The van der Waals surface area contributed by atoms with E-state index in [1.54, 1.807) is 19.2 Å². The quantitative estimate of drug-likeness (QED) is 0.869. The molecule has 1 atom stereocenters. The van der Waals surface area contributed by atoms with E-state index in [0.717, 1.165) is 5.56 Å². The molecule has 1 aromatic heterocycles. The standard InChI is InChI=1S/C14H18FN5O2/c1-9-4-5-11(15)12(6-9)22-8-13(21)20(3)7-10(2)14-16-18-19-17-14/h4-6,10H,7-8H2,1-3H3,(H,16,17,18,19). The van der Waals surface area contributed by atoms with Crippen LogP contribution >= 0.6 is 0 Å². The maximum atomic E-state index is 13.5. The summed E-state index contributed by atoms with van der Waals surface area (Å²) in [7, 11) is 1.65. The minimum Gasteiger partial charge on any atom is -0.481 e. The first-order valence-electron chi connectivity index (χ1n) is 6.83. The first kappa shape index (κ1) is 15.9. The molecular weight excluding hydrogens is 289 g/mol. The molecule has 1 amide bonds. The number of carbonyl (C=O) groups excluding carboxylic acids is 1. The number of halogens is 1. The second-order valence-electron chi connectivity index (χ2n) is 5.17. The second-order valence-corrected chi connectivity index (χ2v) is 5.17. The zero-order chi connectivity index (χ0) is 16.1. The lowest BCUT2D eigenvalue weighted by Crippen LogP contribution is -2.34. The number of nitrogens with zero attached hydrogens (tertiary/aromatic N) is 4. The Morgan fingerprint density at radius 2 is 2.27 bits per heavy atom. The Labute approximate surface area is 127 Å². The maximum absolute atomic E-state index is 13.5. The average Bonchev–Trinajstić information content (AvgIpc) is 3.02. The van der Waals surface area contributed by atoms with Crippen molar-refractivity contribution < 1.29 is 13.9 Å². The number of nitrogens with one attached hydrogen (secondary N) is 1. The lowest BCUT2D eigenvalue weighted by Gasteiger charge is -2.20. The third kappa shape index (κ3) is 4.00. The molecule has 0 spiro atoms. The molecule has 22 heavy (non-hydrogen) atoms. The van der Waals surface area contributed by atoms with Crippen molar-refractivity contribution in [2.45, 2.75) is 19.8 Å². The van der Waals surface area contributed by atoms with Crippen molar-refractivity contribution in [2.75, 3.05) is 20.2 Å². The Hall–Kier alpha value is -2.51. The van der Waals surface area contributed by atoms with Crippen LogP contribution < -0.4 is 4.74 Å². The highest BCUT2D eigenvalue weighted by Crippen LogP contribution is 2.18. The highest BCUT2D eigenvalue weighted by Gasteiger charge is 2.17. The number of aromatic nitrogens is 4. The van der Waals surface area contributed by atoms with Crippen LogP contribution in [0.2, 0.25) is 0 Å². The fourth-order valence-electron chi connectivity index (χ4n) is 1.94. The highest BCUT2D eigenvalue weighted by molar-refractivity contribution is 5.77. The van der Waals surface area contributed by atoms with Crippen molar-refractivity contribution in [1.29, 1.82) is 0 Å². The van der Waals surface area contributed by atoms with Gasteiger partial charge in [-0.3, -0.25) is 4.79 Å². The van der Waals surface area contributed by atoms with Gasteiger partial charge in [0.2, 0.25) is 0 Å². The van der Waals surface area contributed by atoms with E-state index in [1.165, 1.54) is 11.0 Å². The maximum Gasteiger partial charge on any atom is 0.260 e. The van der Waals surface area contributed by atoms with Crippen LogP contribution in [0, 0.1) is 12.7 Å². The number of aryl methyl sites for hydroxylation is 1. The minimum atomic E-state index is -0.485. The van der Waals surface area contributed by atoms with Crippen molar-refractivity contribution in [3.8, 4) is 5.75 Å². The van der Waals surface area contributed by atoms with Crippen LogP contribution in [-0.2, 0) is 4.79 Å². The molecule has 1 heterocycles. The number of hydrogen-bond donors (Lipinski definition) is 1. The molecule has 0 aliphatic heterocycles. The average molecular weight is 307 g/mol. The van der Waals surface area contributed by atoms with Crippen molar-refractivity contribution in [2.24, 2.45) is 0 Å². The fraction of sp³-hybridized carbons (Fsp3) is 0.429. The topological polar surface area (TPSA) is 84.0 Å². The summed E-state index contributed by atoms with van der Waals surface area (Å²) < 4.78 is 18.8. The van der Waals surface area contributed by atoms with Gasteiger partial charge in [0.1, 0.15) is 0 Å². The van der Waals surface area contributed by atoms with E-state index < -0.39 is 5.82 Å². The van der Waals surface area contributed by atoms with E-state index in [-0.39, 0.29) is 24.2 Å². The molecule has 1 N–H and O–H groups in total. The highest BCUT2D eigenvalue weighted by atomic mass is 19.1. The number of hydrogen-bond acceptors (Lipinski definition) is 5. The van der Waals surface area contributed by atoms with Crippen LogP contribution in [0.5, 0.6) is 5.75 Å². The molecule has 118 valence electrons. The monoisotopic (exact) mass is 307 g/mol. The van der Waals surface area contributed by atoms with Crippen molar-refractivity contribution in [1.82, 2.24) is 25.5 Å². The third-order valence-electron chi connectivity index (χ3n) is 3.21. The predicted molar refractivity (Wildman–Crippen MR) is 76.9 cm³/mol. The Bertz CT molecular complexity index is 632. The van der Waals surface area contributed by atoms with Crippen LogP contribution in [0.25, 0.3) is 0 Å². The number of ether oxygens (including phenoxy) is 1. The zero-order valence-corrected chi connectivity index (χ0v) is 12.7. The number of likely N-dealkylation sites (N-methyl/N-ethyl adjacent to an activating group) is 1. The Morgan fingerprint density at radius 1 is 1.50 bits per heavy atom. The van der Waals surface area contributed by atoms with Gasteiger partial charge >= 0.3 is 0 Å². The Kier molecular flexibility index (Phi) is 5.03. The molecule has 0 saturated heterocycles. The van der Waals surface area contributed by atoms with Crippen LogP contribution in [0.3, 0.4) is 0 Å². The fourth-order valence-corrected chi connectivity index (χ4v) is 1.94. The summed E-state index contributed by atoms with van der Waals surface area (Å²) in [5, 5.41) is 13.6. The van der Waals surface area contributed by atoms with E-state index in [2.05, 4.69) is 20.6 Å². The molecule has 0 aliphatic rings. The number of aromatic amines is 1. The van der Waals surface area contributed by atoms with Gasteiger partial charge in [-0.25, -0.2) is 4.39 Å². The van der Waals surface area contributed by atoms with E-state index in [9.17, 15) is 9.18 Å². The molecule has 1 unspecified atom stereocenters. The lowest BCUT2D eigenvalue weighted by atomic mass is 10.1. The van der Waals surface area contributed by atoms with Gasteiger partial charge in [0.25, 0.3) is 5.91 Å². The summed E-state index contributed by atoms with van der Waals surface area (Å²) in [6.07, 6.45) is 0. The predicted octanol–water partition coefficient (Wildman–Crippen LogP) is 1.29. The third-order valence-corrected chi connectivity index (χ3v) is 3.21. The van der Waals surface area contributed by atoms with E-state index in [1.807, 2.05) is 13.8 Å². The second kappa shape index (κ2) is 6.97. The van der Waals surface area contributed by atoms with Crippen molar-refractivity contribution in [3.05, 3.63) is 35.4 Å². The van der Waals surface area contributed by atoms with E-state index in [0.29, 0.717) is 12.4 Å². The number of tetrazole rings is 1. The molecular formula is C14H18FN5O2. The molecule has 0 saturated carbocycles. The van der Waals surface area contributed by atoms with Crippen molar-refractivity contribution in [3.63, 3.8) is 0 Å². The Balaban J connectivity index is 1.87. The molecule has 2 aromatic rings. The molecule has 0 fully saturated rings. The van der Waals surface area contributed by atoms with Crippen LogP contribution in [0.1, 0.15) is 24.2 Å². The first-order valence-corrected chi connectivity index (χ1v) is 6.83. The van der Waals surface area contributed by atoms with Gasteiger partial charge in [-0.05, 0) is 24.6 Å². The van der Waals surface area contributed by atoms with Gasteiger partial charge in [-0.15, -0.1) is 10.2 Å². The number of H-pyrrole nitrogens is 1. The molecule has 2 rings (SSSR count). The summed E-state index contributed by atoms with van der Waals surface area (Å²) in [6.45, 7) is 3.90. The van der Waals surface area contributed by atoms with E-state index >= 15 is 0 Å². The summed E-state index contributed by atoms with van der Waals surface area (Å²) in [5.41, 5.74) is 0.864. The molecule has 0 aliphatic carbocycles. The smallest absolute Gasteiger partial charge is 0.260 e. The molecule has 8 heteroatoms. The van der Waals surface area contributed by atoms with Gasteiger partial charge in [0.05, 0.1) is 0 Å². The number of benzene rings is 1. The number of carbonyl (C=O) groups is 1. The van der Waals surface area contributed by atoms with Gasteiger partial charge in [-0.2, -0.15) is 5.21 Å². The number of amides is 1. The van der Waals surface area contributed by atoms with Crippen molar-refractivity contribution >= 4 is 5.91 Å². The van der Waals surface area contributed by atoms with Gasteiger partial charge in [0, 0.05) is 19.5 Å². The largest absolute Gasteiger partial charge is 0.481 e. The lowest BCUT2D eigenvalue weighted by molar-refractivity contribution is -0.132. The zero-order valence-electron chi connectivity index (χ0n) is 12.7. The minimum absolute atomic E-state index is 0.0663. The first-order chi connectivity index (χ1) is 10.5. The Morgan fingerprint density at radius 3 is 2.95 bits per heavy atom. The molecule has 1 aromatic carbocycles. The normalized spacial score (nSPS) is 12.0. The van der Waals surface area contributed by atoms with Gasteiger partial charge < -0.3 is 9.64 Å². The molecule has 0 radical (unpaired) electrons. The summed E-state index contributed by atoms with van der Waals surface area (Å²) >= 11 is 0. The molecule has 0 bridgehead atoms. The van der Waals surface area contributed by atoms with Crippen LogP contribution in [0.15, 0.2) is 18.2 Å². The van der Waals surface area contributed by atoms with E-state index in [4.69, 9.17) is 4.74 Å². The van der Waals surface area contributed by atoms with Crippen LogP contribution in [0.4, 0.5) is 4.39 Å². The summed E-state index contributed by atoms with van der Waals surface area (Å²) in [5.74, 6) is -0.195.